The highest BCUT2D eigenvalue weighted by molar-refractivity contribution is 6.12. The molecule has 0 amide bonds. The molecule has 0 fully saturated rings. The zero-order valence-corrected chi connectivity index (χ0v) is 14.9. The number of hydrogen-bond acceptors (Lipinski definition) is 5. The normalized spacial score (nSPS) is 10.2. The van der Waals surface area contributed by atoms with Gasteiger partial charge in [-0.3, -0.25) is 9.59 Å². The van der Waals surface area contributed by atoms with Crippen molar-refractivity contribution in [2.45, 2.75) is 26.9 Å². The highest BCUT2D eigenvalue weighted by Gasteiger charge is 2.27. The third-order valence-electron chi connectivity index (χ3n) is 3.82. The van der Waals surface area contributed by atoms with E-state index in [1.807, 2.05) is 30.3 Å². The van der Waals surface area contributed by atoms with Gasteiger partial charge in [-0.25, -0.2) is 0 Å². The molecule has 132 valence electrons. The minimum Gasteiger partial charge on any atom is -0.493 e. The number of Topliss-reactive ketones (excluding diaryl/α,β-unsaturated/α-hetero) is 2. The zero-order valence-electron chi connectivity index (χ0n) is 14.9. The lowest BCUT2D eigenvalue weighted by Crippen LogP contribution is -2.12. The van der Waals surface area contributed by atoms with Gasteiger partial charge in [-0.2, -0.15) is 0 Å². The molecule has 0 atom stereocenters. The summed E-state index contributed by atoms with van der Waals surface area (Å²) in [5.41, 5.74) is 1.38. The lowest BCUT2D eigenvalue weighted by molar-refractivity contribution is 0.0958. The van der Waals surface area contributed by atoms with E-state index in [9.17, 15) is 9.59 Å². The Hall–Kier alpha value is -2.82. The average molecular weight is 342 g/mol. The number of rotatable bonds is 8. The van der Waals surface area contributed by atoms with Crippen molar-refractivity contribution in [3.63, 3.8) is 0 Å². The molecule has 0 bridgehead atoms. The molecule has 0 saturated carbocycles. The van der Waals surface area contributed by atoms with E-state index < -0.39 is 0 Å². The lowest BCUT2D eigenvalue weighted by Gasteiger charge is -2.19. The van der Waals surface area contributed by atoms with E-state index in [2.05, 4.69) is 0 Å². The van der Waals surface area contributed by atoms with Gasteiger partial charge < -0.3 is 14.2 Å². The largest absolute Gasteiger partial charge is 0.493 e. The van der Waals surface area contributed by atoms with E-state index in [0.717, 1.165) is 5.56 Å². The van der Waals surface area contributed by atoms with Crippen molar-refractivity contribution in [1.82, 2.24) is 0 Å². The number of benzene rings is 2. The van der Waals surface area contributed by atoms with Crippen molar-refractivity contribution in [3.05, 3.63) is 53.1 Å². The minimum absolute atomic E-state index is 0.203. The second kappa shape index (κ2) is 8.33. The van der Waals surface area contributed by atoms with Crippen molar-refractivity contribution >= 4 is 11.6 Å². The summed E-state index contributed by atoms with van der Waals surface area (Å²) in [4.78, 5) is 24.7. The fourth-order valence-corrected chi connectivity index (χ4v) is 2.61. The lowest BCUT2D eigenvalue weighted by atomic mass is 9.96. The first kappa shape index (κ1) is 18.5. The molecule has 5 heteroatoms. The predicted octanol–water partition coefficient (Wildman–Crippen LogP) is 4.08. The van der Waals surface area contributed by atoms with Gasteiger partial charge in [0.1, 0.15) is 12.4 Å². The molecule has 0 aliphatic carbocycles. The summed E-state index contributed by atoms with van der Waals surface area (Å²) in [6, 6.07) is 11.2. The SMILES string of the molecule is CCC(=O)c1c(OC)c(OC)cc(OCc2ccccc2)c1C(C)=O. The van der Waals surface area contributed by atoms with E-state index >= 15 is 0 Å². The van der Waals surface area contributed by atoms with Crippen LogP contribution in [0, 0.1) is 0 Å². The van der Waals surface area contributed by atoms with Gasteiger partial charge in [0.25, 0.3) is 0 Å². The van der Waals surface area contributed by atoms with Crippen molar-refractivity contribution in [1.29, 1.82) is 0 Å². The molecule has 0 N–H and O–H groups in total. The molecular weight excluding hydrogens is 320 g/mol. The molecule has 0 radical (unpaired) electrons. The minimum atomic E-state index is -0.263. The first-order valence-electron chi connectivity index (χ1n) is 8.03. The van der Waals surface area contributed by atoms with Gasteiger partial charge in [0.2, 0.25) is 0 Å². The molecule has 0 aliphatic heterocycles. The number of ketones is 2. The highest BCUT2D eigenvalue weighted by atomic mass is 16.5. The molecule has 0 aliphatic rings. The highest BCUT2D eigenvalue weighted by Crippen LogP contribution is 2.40. The van der Waals surface area contributed by atoms with Crippen LogP contribution < -0.4 is 14.2 Å². The smallest absolute Gasteiger partial charge is 0.172 e. The van der Waals surface area contributed by atoms with Crippen molar-refractivity contribution in [2.24, 2.45) is 0 Å². The summed E-state index contributed by atoms with van der Waals surface area (Å²) in [5.74, 6) is 0.455. The van der Waals surface area contributed by atoms with Crippen LogP contribution in [0.15, 0.2) is 36.4 Å². The Bertz CT molecular complexity index is 765. The molecule has 2 aromatic carbocycles. The molecule has 0 saturated heterocycles. The summed E-state index contributed by atoms with van der Waals surface area (Å²) in [6.07, 6.45) is 0.238. The Kier molecular flexibility index (Phi) is 6.17. The van der Waals surface area contributed by atoms with Gasteiger partial charge in [-0.15, -0.1) is 0 Å². The second-order valence-corrected chi connectivity index (χ2v) is 5.47. The number of carbonyl (C=O) groups is 2. The molecule has 25 heavy (non-hydrogen) atoms. The number of ether oxygens (including phenoxy) is 3. The van der Waals surface area contributed by atoms with E-state index in [1.165, 1.54) is 21.1 Å². The molecular formula is C20H22O5. The van der Waals surface area contributed by atoms with Crippen LogP contribution in [0.3, 0.4) is 0 Å². The summed E-state index contributed by atoms with van der Waals surface area (Å²) < 4.78 is 16.5. The number of hydrogen-bond donors (Lipinski definition) is 0. The monoisotopic (exact) mass is 342 g/mol. The Labute approximate surface area is 147 Å². The topological polar surface area (TPSA) is 61.8 Å². The Morgan fingerprint density at radius 1 is 0.960 bits per heavy atom. The summed E-state index contributed by atoms with van der Waals surface area (Å²) in [5, 5.41) is 0. The molecule has 2 rings (SSSR count). The van der Waals surface area contributed by atoms with Gasteiger partial charge >= 0.3 is 0 Å². The van der Waals surface area contributed by atoms with Crippen molar-refractivity contribution in [3.8, 4) is 17.2 Å². The van der Waals surface area contributed by atoms with Gasteiger partial charge in [-0.05, 0) is 12.5 Å². The predicted molar refractivity (Wildman–Crippen MR) is 94.9 cm³/mol. The van der Waals surface area contributed by atoms with Crippen LogP contribution in [0.5, 0.6) is 17.2 Å². The molecule has 0 unspecified atom stereocenters. The quantitative estimate of drug-likeness (QED) is 0.677. The number of carbonyl (C=O) groups excluding carboxylic acids is 2. The van der Waals surface area contributed by atoms with Crippen LogP contribution >= 0.6 is 0 Å². The maximum Gasteiger partial charge on any atom is 0.172 e. The van der Waals surface area contributed by atoms with E-state index in [-0.39, 0.29) is 41.5 Å². The Morgan fingerprint density at radius 2 is 1.64 bits per heavy atom. The number of methoxy groups -OCH3 is 2. The van der Waals surface area contributed by atoms with Gasteiger partial charge in [0, 0.05) is 12.5 Å². The van der Waals surface area contributed by atoms with E-state index in [1.54, 1.807) is 13.0 Å². The fraction of sp³-hybridized carbons (Fsp3) is 0.300. The third-order valence-corrected chi connectivity index (χ3v) is 3.82. The fourth-order valence-electron chi connectivity index (χ4n) is 2.61. The van der Waals surface area contributed by atoms with Crippen LogP contribution in [0.4, 0.5) is 0 Å². The van der Waals surface area contributed by atoms with E-state index in [4.69, 9.17) is 14.2 Å². The van der Waals surface area contributed by atoms with Crippen LogP contribution in [0.2, 0.25) is 0 Å². The van der Waals surface area contributed by atoms with Crippen molar-refractivity contribution in [2.75, 3.05) is 14.2 Å². The van der Waals surface area contributed by atoms with Gasteiger partial charge in [-0.1, -0.05) is 37.3 Å². The second-order valence-electron chi connectivity index (χ2n) is 5.47. The summed E-state index contributed by atoms with van der Waals surface area (Å²) >= 11 is 0. The Balaban J connectivity index is 2.57. The standard InChI is InChI=1S/C20H22O5/c1-5-15(22)19-18(13(2)21)16(11-17(23-3)20(19)24-4)25-12-14-9-7-6-8-10-14/h6-11H,5,12H2,1-4H3. The molecule has 0 heterocycles. The molecule has 0 aromatic heterocycles. The maximum absolute atomic E-state index is 12.5. The van der Waals surface area contributed by atoms with Gasteiger partial charge in [0.05, 0.1) is 25.3 Å². The maximum atomic E-state index is 12.5. The summed E-state index contributed by atoms with van der Waals surface area (Å²) in [7, 11) is 2.92. The van der Waals surface area contributed by atoms with Crippen LogP contribution in [0.1, 0.15) is 46.5 Å². The first-order valence-corrected chi connectivity index (χ1v) is 8.03. The summed E-state index contributed by atoms with van der Waals surface area (Å²) in [6.45, 7) is 3.41. The molecule has 2 aromatic rings. The van der Waals surface area contributed by atoms with Crippen LogP contribution in [-0.4, -0.2) is 25.8 Å². The third kappa shape index (κ3) is 3.99. The van der Waals surface area contributed by atoms with Crippen LogP contribution in [0.25, 0.3) is 0 Å². The molecule has 5 nitrogen and oxygen atoms in total. The van der Waals surface area contributed by atoms with Crippen molar-refractivity contribution < 1.29 is 23.8 Å². The van der Waals surface area contributed by atoms with E-state index in [0.29, 0.717) is 11.5 Å². The first-order chi connectivity index (χ1) is 12.0. The Morgan fingerprint density at radius 3 is 2.16 bits per heavy atom. The van der Waals surface area contributed by atoms with Crippen LogP contribution in [-0.2, 0) is 6.61 Å². The zero-order chi connectivity index (χ0) is 18.4. The average Bonchev–Trinajstić information content (AvgIpc) is 2.64. The van der Waals surface area contributed by atoms with Gasteiger partial charge in [0.15, 0.2) is 23.1 Å². The molecule has 0 spiro atoms.